The standard InChI is InChI=1S/C46H52F2N10O6/c1-26(55-17-14-31(15-18-55)63-20-4-6-28-5-3-7-37-41(28)54(2)46(62)58(37)38-12-13-39(59)52-45(38)61)27-8-10-30(11-9-27)57-24-36(40(53-57)42(47)48)51-44(60)34-23-49-56-19-16-35(50-43(34)56)33-22-32-21-29(33)25-64-32/h3,5,7,16,19,23-24,26-27,29-33,38,42H,8-15,17-18,20-22,25H2,1-2H3,(H,51,60)(H,52,59,61)/t26?,27-,29-,30-,32-,33?,38?/m1/s1. The number of alkyl halides is 2. The number of imidazole rings is 1. The van der Waals surface area contributed by atoms with Crippen LogP contribution in [0.5, 0.6) is 0 Å². The summed E-state index contributed by atoms with van der Waals surface area (Å²) in [4.78, 5) is 58.5. The van der Waals surface area contributed by atoms with Gasteiger partial charge in [0, 0.05) is 56.6 Å². The summed E-state index contributed by atoms with van der Waals surface area (Å²) >= 11 is 0. The number of likely N-dealkylation sites (tertiary alicyclic amines) is 1. The van der Waals surface area contributed by atoms with Crippen LogP contribution in [-0.4, -0.2) is 101 Å². The molecule has 7 heterocycles. The number of imide groups is 1. The van der Waals surface area contributed by atoms with Crippen LogP contribution in [-0.2, 0) is 26.1 Å². The van der Waals surface area contributed by atoms with Crippen LogP contribution >= 0.6 is 0 Å². The van der Waals surface area contributed by atoms with Crippen molar-refractivity contribution in [2.75, 3.05) is 31.6 Å². The highest BCUT2D eigenvalue weighted by Crippen LogP contribution is 2.45. The third-order valence-electron chi connectivity index (χ3n) is 14.5. The Hall–Kier alpha value is -5.77. The number of amides is 3. The predicted molar refractivity (Wildman–Crippen MR) is 230 cm³/mol. The quantitative estimate of drug-likeness (QED) is 0.139. The van der Waals surface area contributed by atoms with Crippen LogP contribution in [0, 0.1) is 23.7 Å². The van der Waals surface area contributed by atoms with Crippen molar-refractivity contribution >= 4 is 40.1 Å². The number of hydrogen-bond donors (Lipinski definition) is 2. The zero-order valence-electron chi connectivity index (χ0n) is 35.9. The minimum atomic E-state index is -2.86. The maximum atomic E-state index is 14.3. The molecule has 16 nitrogen and oxygen atoms in total. The van der Waals surface area contributed by atoms with E-state index in [2.05, 4.69) is 44.5 Å². The van der Waals surface area contributed by atoms with E-state index in [4.69, 9.17) is 14.5 Å². The normalized spacial score (nSPS) is 25.8. The lowest BCUT2D eigenvalue weighted by Crippen LogP contribution is -2.46. The van der Waals surface area contributed by atoms with Crippen molar-refractivity contribution in [3.63, 3.8) is 0 Å². The van der Waals surface area contributed by atoms with Gasteiger partial charge in [0.1, 0.15) is 18.2 Å². The maximum Gasteiger partial charge on any atom is 0.329 e. The number of anilines is 1. The minimum Gasteiger partial charge on any atom is -0.378 e. The van der Waals surface area contributed by atoms with E-state index in [1.165, 1.54) is 19.8 Å². The van der Waals surface area contributed by atoms with E-state index >= 15 is 0 Å². The molecule has 5 aliphatic rings. The molecule has 64 heavy (non-hydrogen) atoms. The monoisotopic (exact) mass is 878 g/mol. The molecular formula is C46H52F2N10O6. The van der Waals surface area contributed by atoms with Crippen LogP contribution in [0.15, 0.2) is 47.7 Å². The topological polar surface area (TPSA) is 172 Å². The summed E-state index contributed by atoms with van der Waals surface area (Å²) in [7, 11) is 1.66. The number of aryl methyl sites for hydroxylation is 1. The molecule has 336 valence electrons. The Morgan fingerprint density at radius 1 is 1.06 bits per heavy atom. The number of carbonyl (C=O) groups excluding carboxylic acids is 3. The number of halogens is 2. The fraction of sp³-hybridized carbons (Fsp3) is 0.543. The van der Waals surface area contributed by atoms with Crippen molar-refractivity contribution in [2.45, 2.75) is 114 Å². The summed E-state index contributed by atoms with van der Waals surface area (Å²) in [5.41, 5.74) is 2.60. The number of aromatic nitrogens is 7. The molecule has 4 aromatic heterocycles. The number of nitrogens with one attached hydrogen (secondary N) is 2. The van der Waals surface area contributed by atoms with Crippen molar-refractivity contribution in [1.82, 2.24) is 43.7 Å². The first-order valence-corrected chi connectivity index (χ1v) is 22.5. The SMILES string of the molecule is CC([C@H]1CC[C@H](n2cc(NC(=O)c3cnn4ccc(C5C[C@H]6C[C@@H]5CO6)nc34)c(C(F)F)n2)CC1)N1CCC(OCC#Cc2cccc3c2n(C)c(=O)n3C2CCC(=O)NC2=O)CC1. The zero-order valence-corrected chi connectivity index (χ0v) is 35.9. The van der Waals surface area contributed by atoms with E-state index < -0.39 is 30.0 Å². The molecule has 2 N–H and O–H groups in total. The largest absolute Gasteiger partial charge is 0.378 e. The lowest BCUT2D eigenvalue weighted by Gasteiger charge is -2.41. The van der Waals surface area contributed by atoms with Crippen LogP contribution in [0.3, 0.4) is 0 Å². The lowest BCUT2D eigenvalue weighted by atomic mass is 9.81. The summed E-state index contributed by atoms with van der Waals surface area (Å²) in [5, 5.41) is 13.7. The fourth-order valence-corrected chi connectivity index (χ4v) is 11.0. The number of hydrogen-bond acceptors (Lipinski definition) is 10. The van der Waals surface area contributed by atoms with Crippen molar-refractivity contribution in [2.24, 2.45) is 18.9 Å². The molecule has 2 bridgehead atoms. The number of fused-ring (bicyclic) bond motifs is 4. The highest BCUT2D eigenvalue weighted by atomic mass is 19.3. The van der Waals surface area contributed by atoms with Gasteiger partial charge in [-0.05, 0) is 94.7 Å². The smallest absolute Gasteiger partial charge is 0.329 e. The van der Waals surface area contributed by atoms with Crippen LogP contribution in [0.2, 0.25) is 0 Å². The van der Waals surface area contributed by atoms with Crippen LogP contribution < -0.4 is 16.3 Å². The van der Waals surface area contributed by atoms with Crippen molar-refractivity contribution in [3.05, 3.63) is 75.9 Å². The first kappa shape index (κ1) is 42.2. The van der Waals surface area contributed by atoms with E-state index in [-0.39, 0.29) is 66.5 Å². The van der Waals surface area contributed by atoms with E-state index in [0.717, 1.165) is 70.2 Å². The molecule has 0 spiro atoms. The molecule has 2 aliphatic carbocycles. The average molecular weight is 879 g/mol. The Morgan fingerprint density at radius 3 is 2.61 bits per heavy atom. The second-order valence-corrected chi connectivity index (χ2v) is 18.1. The number of piperidine rings is 2. The molecule has 3 amide bonds. The maximum absolute atomic E-state index is 14.3. The number of rotatable bonds is 10. The van der Waals surface area contributed by atoms with Crippen LogP contribution in [0.4, 0.5) is 14.5 Å². The van der Waals surface area contributed by atoms with E-state index in [1.54, 1.807) is 30.2 Å². The first-order valence-electron chi connectivity index (χ1n) is 22.5. The summed E-state index contributed by atoms with van der Waals surface area (Å²) < 4.78 is 46.8. The number of ether oxygens (including phenoxy) is 2. The summed E-state index contributed by atoms with van der Waals surface area (Å²) in [6, 6.07) is 6.91. The minimum absolute atomic E-state index is 0.00152. The zero-order chi connectivity index (χ0) is 44.2. The Kier molecular flexibility index (Phi) is 11.4. The van der Waals surface area contributed by atoms with Gasteiger partial charge in [0.25, 0.3) is 12.3 Å². The van der Waals surface area contributed by atoms with Gasteiger partial charge in [-0.3, -0.25) is 33.5 Å². The second-order valence-electron chi connectivity index (χ2n) is 18.1. The highest BCUT2D eigenvalue weighted by Gasteiger charge is 2.42. The van der Waals surface area contributed by atoms with E-state index in [1.807, 2.05) is 18.2 Å². The Bertz CT molecular complexity index is 2730. The first-order chi connectivity index (χ1) is 31.0. The predicted octanol–water partition coefficient (Wildman–Crippen LogP) is 5.29. The third-order valence-corrected chi connectivity index (χ3v) is 14.5. The molecule has 10 rings (SSSR count). The Labute approximate surface area is 367 Å². The molecule has 5 atom stereocenters. The molecule has 0 radical (unpaired) electrons. The van der Waals surface area contributed by atoms with Gasteiger partial charge in [-0.15, -0.1) is 0 Å². The second kappa shape index (κ2) is 17.3. The fourth-order valence-electron chi connectivity index (χ4n) is 11.0. The molecule has 1 aromatic carbocycles. The van der Waals surface area contributed by atoms with Crippen LogP contribution in [0.1, 0.15) is 123 Å². The number of benzene rings is 1. The van der Waals surface area contributed by atoms with E-state index in [9.17, 15) is 28.0 Å². The summed E-state index contributed by atoms with van der Waals surface area (Å²) in [5.74, 6) is 6.05. The van der Waals surface area contributed by atoms with Gasteiger partial charge < -0.3 is 19.7 Å². The molecular weight excluding hydrogens is 827 g/mol. The molecule has 5 fully saturated rings. The third kappa shape index (κ3) is 7.91. The van der Waals surface area contributed by atoms with Gasteiger partial charge in [-0.2, -0.15) is 10.2 Å². The highest BCUT2D eigenvalue weighted by molar-refractivity contribution is 6.08. The van der Waals surface area contributed by atoms with Crippen molar-refractivity contribution in [1.29, 1.82) is 0 Å². The van der Waals surface area contributed by atoms with Gasteiger partial charge in [0.2, 0.25) is 11.8 Å². The number of nitrogens with zero attached hydrogens (tertiary/aromatic N) is 8. The van der Waals surface area contributed by atoms with Gasteiger partial charge in [0.15, 0.2) is 11.3 Å². The van der Waals surface area contributed by atoms with Crippen molar-refractivity contribution < 1.29 is 32.6 Å². The Morgan fingerprint density at radius 2 is 1.88 bits per heavy atom. The molecule has 2 saturated carbocycles. The molecule has 5 aromatic rings. The summed E-state index contributed by atoms with van der Waals surface area (Å²) in [6.45, 7) is 5.03. The average Bonchev–Trinajstić information content (AvgIpc) is 4.15. The van der Waals surface area contributed by atoms with Crippen molar-refractivity contribution in [3.8, 4) is 11.8 Å². The van der Waals surface area contributed by atoms with Gasteiger partial charge in [-0.1, -0.05) is 17.9 Å². The number of para-hydroxylation sites is 1. The molecule has 3 saturated heterocycles. The number of carbonyl (C=O) groups is 3. The molecule has 3 aliphatic heterocycles. The Balaban J connectivity index is 0.712. The van der Waals surface area contributed by atoms with Crippen LogP contribution in [0.25, 0.3) is 16.7 Å². The van der Waals surface area contributed by atoms with Gasteiger partial charge >= 0.3 is 5.69 Å². The van der Waals surface area contributed by atoms with E-state index in [0.29, 0.717) is 46.7 Å². The lowest BCUT2D eigenvalue weighted by molar-refractivity contribution is -0.135. The molecule has 3 unspecified atom stereocenters. The molecule has 18 heteroatoms. The van der Waals surface area contributed by atoms with Gasteiger partial charge in [-0.25, -0.2) is 23.1 Å². The summed E-state index contributed by atoms with van der Waals surface area (Å²) in [6.07, 6.45) is 9.79. The van der Waals surface area contributed by atoms with Gasteiger partial charge in [0.05, 0.1) is 53.3 Å².